The molecule has 0 saturated carbocycles. The summed E-state index contributed by atoms with van der Waals surface area (Å²) >= 11 is 0. The van der Waals surface area contributed by atoms with Crippen molar-refractivity contribution in [3.8, 4) is 11.5 Å². The van der Waals surface area contributed by atoms with E-state index in [1.54, 1.807) is 24.3 Å². The molecule has 2 aromatic carbocycles. The number of phenols is 2. The van der Waals surface area contributed by atoms with Gasteiger partial charge < -0.3 is 16.4 Å². The molecule has 0 saturated heterocycles. The minimum absolute atomic E-state index is 0. The van der Waals surface area contributed by atoms with Gasteiger partial charge in [-0.25, -0.2) is 0 Å². The maximum atomic E-state index is 9.23. The van der Waals surface area contributed by atoms with Crippen LogP contribution in [0, 0.1) is 0 Å². The lowest BCUT2D eigenvalue weighted by Gasteiger charge is -2.12. The molecule has 0 aliphatic rings. The molecule has 18 heavy (non-hydrogen) atoms. The van der Waals surface area contributed by atoms with E-state index >= 15 is 0 Å². The normalized spacial score (nSPS) is 11.6. The van der Waals surface area contributed by atoms with Gasteiger partial charge >= 0.3 is 0 Å². The van der Waals surface area contributed by atoms with Gasteiger partial charge in [0, 0.05) is 0 Å². The van der Waals surface area contributed by atoms with E-state index in [1.165, 1.54) is 11.1 Å². The van der Waals surface area contributed by atoms with Crippen LogP contribution in [0.2, 0.25) is 0 Å². The molecule has 3 heteroatoms. The zero-order valence-corrected chi connectivity index (χ0v) is 10.5. The Bertz CT molecular complexity index is 477. The van der Waals surface area contributed by atoms with Crippen molar-refractivity contribution in [3.63, 3.8) is 0 Å². The van der Waals surface area contributed by atoms with E-state index in [-0.39, 0.29) is 6.15 Å². The molecule has 0 radical (unpaired) electrons. The van der Waals surface area contributed by atoms with Gasteiger partial charge in [-0.2, -0.15) is 0 Å². The van der Waals surface area contributed by atoms with Crippen LogP contribution in [0.1, 0.15) is 24.0 Å². The highest BCUT2D eigenvalue weighted by Crippen LogP contribution is 2.23. The van der Waals surface area contributed by atoms with E-state index in [4.69, 9.17) is 0 Å². The fourth-order valence-electron chi connectivity index (χ4n) is 1.91. The molecule has 1 atom stereocenters. The van der Waals surface area contributed by atoms with Gasteiger partial charge in [0.15, 0.2) is 0 Å². The van der Waals surface area contributed by atoms with Crippen LogP contribution in [0.25, 0.3) is 0 Å². The van der Waals surface area contributed by atoms with Crippen LogP contribution in [-0.4, -0.2) is 10.2 Å². The Labute approximate surface area is 107 Å². The van der Waals surface area contributed by atoms with Crippen molar-refractivity contribution in [2.24, 2.45) is 0 Å². The van der Waals surface area contributed by atoms with Crippen LogP contribution in [0.5, 0.6) is 11.5 Å². The van der Waals surface area contributed by atoms with E-state index in [0.717, 1.165) is 6.42 Å². The summed E-state index contributed by atoms with van der Waals surface area (Å²) in [5.41, 5.74) is 2.40. The van der Waals surface area contributed by atoms with Gasteiger partial charge in [0.05, 0.1) is 0 Å². The van der Waals surface area contributed by atoms with Crippen LogP contribution < -0.4 is 6.15 Å². The maximum absolute atomic E-state index is 9.23. The molecule has 0 aliphatic carbocycles. The van der Waals surface area contributed by atoms with Gasteiger partial charge in [-0.1, -0.05) is 31.2 Å². The van der Waals surface area contributed by atoms with Crippen LogP contribution in [0.3, 0.4) is 0 Å². The molecule has 0 spiro atoms. The Balaban J connectivity index is 0.00000162. The van der Waals surface area contributed by atoms with Gasteiger partial charge in [0.1, 0.15) is 11.5 Å². The molecule has 2 aromatic rings. The number of aromatic hydroxyl groups is 2. The number of rotatable bonds is 3. The van der Waals surface area contributed by atoms with Crippen molar-refractivity contribution in [1.82, 2.24) is 6.15 Å². The minimum Gasteiger partial charge on any atom is -0.508 e. The van der Waals surface area contributed by atoms with Crippen molar-refractivity contribution >= 4 is 0 Å². The molecule has 0 bridgehead atoms. The Kier molecular flexibility index (Phi) is 4.75. The largest absolute Gasteiger partial charge is 0.508 e. The highest BCUT2D eigenvalue weighted by molar-refractivity contribution is 5.31. The zero-order chi connectivity index (χ0) is 12.3. The van der Waals surface area contributed by atoms with Gasteiger partial charge in [0.2, 0.25) is 0 Å². The second-order valence-electron chi connectivity index (χ2n) is 4.36. The minimum atomic E-state index is 0. The average molecular weight is 245 g/mol. The van der Waals surface area contributed by atoms with Crippen molar-refractivity contribution in [2.45, 2.75) is 19.3 Å². The molecule has 96 valence electrons. The fourth-order valence-corrected chi connectivity index (χ4v) is 1.91. The standard InChI is InChI=1S/C15H16O2.H3N/c1-11(13-4-8-15(17)9-5-13)10-12-2-6-14(16)7-3-12;/h2-9,11,16-17H,10H2,1H3;1H3. The zero-order valence-electron chi connectivity index (χ0n) is 10.5. The number of hydrogen-bond donors (Lipinski definition) is 3. The first-order valence-electron chi connectivity index (χ1n) is 5.72. The molecular weight excluding hydrogens is 226 g/mol. The predicted molar refractivity (Wildman–Crippen MR) is 73.4 cm³/mol. The summed E-state index contributed by atoms with van der Waals surface area (Å²) in [5.74, 6) is 0.983. The molecule has 0 aromatic heterocycles. The van der Waals surface area contributed by atoms with Crippen LogP contribution >= 0.6 is 0 Å². The average Bonchev–Trinajstić information content (AvgIpc) is 2.33. The molecule has 1 unspecified atom stereocenters. The lowest BCUT2D eigenvalue weighted by atomic mass is 9.94. The Morgan fingerprint density at radius 1 is 0.833 bits per heavy atom. The summed E-state index contributed by atoms with van der Waals surface area (Å²) in [6, 6.07) is 14.6. The van der Waals surface area contributed by atoms with E-state index in [9.17, 15) is 10.2 Å². The van der Waals surface area contributed by atoms with E-state index < -0.39 is 0 Å². The first-order valence-corrected chi connectivity index (χ1v) is 5.72. The number of phenolic OH excluding ortho intramolecular Hbond substituents is 2. The lowest BCUT2D eigenvalue weighted by molar-refractivity contribution is 0.474. The van der Waals surface area contributed by atoms with Gasteiger partial charge in [-0.15, -0.1) is 0 Å². The van der Waals surface area contributed by atoms with Crippen LogP contribution in [0.4, 0.5) is 0 Å². The smallest absolute Gasteiger partial charge is 0.115 e. The Hall–Kier alpha value is -2.00. The second-order valence-corrected chi connectivity index (χ2v) is 4.36. The highest BCUT2D eigenvalue weighted by atomic mass is 16.3. The van der Waals surface area contributed by atoms with Crippen molar-refractivity contribution < 1.29 is 10.2 Å². The van der Waals surface area contributed by atoms with E-state index in [0.29, 0.717) is 17.4 Å². The molecule has 5 N–H and O–H groups in total. The van der Waals surface area contributed by atoms with E-state index in [2.05, 4.69) is 6.92 Å². The quantitative estimate of drug-likeness (QED) is 0.773. The summed E-state index contributed by atoms with van der Waals surface area (Å²) in [7, 11) is 0. The molecule has 0 aliphatic heterocycles. The number of hydrogen-bond acceptors (Lipinski definition) is 3. The van der Waals surface area contributed by atoms with Crippen molar-refractivity contribution in [3.05, 3.63) is 59.7 Å². The topological polar surface area (TPSA) is 75.5 Å². The summed E-state index contributed by atoms with van der Waals surface area (Å²) in [6.07, 6.45) is 0.922. The van der Waals surface area contributed by atoms with Gasteiger partial charge in [-0.05, 0) is 47.7 Å². The Morgan fingerprint density at radius 3 is 1.78 bits per heavy atom. The SMILES string of the molecule is CC(Cc1ccc(O)cc1)c1ccc(O)cc1.N. The second kappa shape index (κ2) is 6.07. The lowest BCUT2D eigenvalue weighted by Crippen LogP contribution is -1.97. The first-order chi connectivity index (χ1) is 8.15. The molecule has 2 rings (SSSR count). The highest BCUT2D eigenvalue weighted by Gasteiger charge is 2.06. The fraction of sp³-hybridized carbons (Fsp3) is 0.200. The summed E-state index contributed by atoms with van der Waals surface area (Å²) in [4.78, 5) is 0. The maximum Gasteiger partial charge on any atom is 0.115 e. The summed E-state index contributed by atoms with van der Waals surface area (Å²) < 4.78 is 0. The Morgan fingerprint density at radius 2 is 1.28 bits per heavy atom. The first kappa shape index (κ1) is 14.1. The predicted octanol–water partition coefficient (Wildman–Crippen LogP) is 3.61. The molecule has 3 nitrogen and oxygen atoms in total. The third-order valence-electron chi connectivity index (χ3n) is 2.94. The molecule has 0 amide bonds. The summed E-state index contributed by atoms with van der Waals surface area (Å²) in [5, 5.41) is 18.4. The molecule has 0 heterocycles. The third-order valence-corrected chi connectivity index (χ3v) is 2.94. The van der Waals surface area contributed by atoms with E-state index in [1.807, 2.05) is 24.3 Å². The van der Waals surface area contributed by atoms with Crippen molar-refractivity contribution in [2.75, 3.05) is 0 Å². The van der Waals surface area contributed by atoms with Crippen LogP contribution in [0.15, 0.2) is 48.5 Å². The monoisotopic (exact) mass is 245 g/mol. The van der Waals surface area contributed by atoms with Crippen LogP contribution in [-0.2, 0) is 6.42 Å². The van der Waals surface area contributed by atoms with Gasteiger partial charge in [0.25, 0.3) is 0 Å². The van der Waals surface area contributed by atoms with Crippen molar-refractivity contribution in [1.29, 1.82) is 0 Å². The molecule has 0 fully saturated rings. The van der Waals surface area contributed by atoms with Gasteiger partial charge in [-0.3, -0.25) is 0 Å². The third kappa shape index (κ3) is 3.50. The number of benzene rings is 2. The molecular formula is C15H19NO2. The summed E-state index contributed by atoms with van der Waals surface area (Å²) in [6.45, 7) is 2.15.